The number of hydrogen-bond donors (Lipinski definition) is 3. The number of carbonyl (C=O) groups is 1. The molecule has 1 saturated heterocycles. The fourth-order valence-corrected chi connectivity index (χ4v) is 6.11. The van der Waals surface area contributed by atoms with Crippen LogP contribution in [0.15, 0.2) is 48.7 Å². The number of hydrogen-bond acceptors (Lipinski definition) is 9. The summed E-state index contributed by atoms with van der Waals surface area (Å²) in [4.78, 5) is 22.9. The maximum atomic E-state index is 14.0. The fraction of sp³-hybridized carbons (Fsp3) is 0.433. The molecule has 11 nitrogen and oxygen atoms in total. The molecule has 2 aliphatic rings. The molecule has 0 bridgehead atoms. The van der Waals surface area contributed by atoms with Gasteiger partial charge in [0.25, 0.3) is 5.91 Å². The van der Waals surface area contributed by atoms with Crippen molar-refractivity contribution in [3.8, 4) is 11.6 Å². The predicted octanol–water partition coefficient (Wildman–Crippen LogP) is 4.30. The van der Waals surface area contributed by atoms with Crippen LogP contribution in [0.5, 0.6) is 11.6 Å². The lowest BCUT2D eigenvalue weighted by Gasteiger charge is -2.29. The number of aromatic nitrogens is 2. The second-order valence-electron chi connectivity index (χ2n) is 10.9. The fourth-order valence-electron chi connectivity index (χ4n) is 5.37. The molecule has 0 radical (unpaired) electrons. The van der Waals surface area contributed by atoms with Crippen molar-refractivity contribution in [1.29, 1.82) is 0 Å². The number of nitrogens with zero attached hydrogens (tertiary/aromatic N) is 3. The van der Waals surface area contributed by atoms with Gasteiger partial charge in [0, 0.05) is 24.2 Å². The minimum Gasteiger partial charge on any atom is -0.495 e. The SMILES string of the molecule is C.COc1cc(C(=O)NC2CCN(C)CC2)ccc1Nc1ncc(C(F)(F)F)c(O[C@@H]2Cc3ccccc3[C@@H]2NS(C)(=O)=O)n1. The van der Waals surface area contributed by atoms with Gasteiger partial charge >= 0.3 is 6.18 Å². The lowest BCUT2D eigenvalue weighted by molar-refractivity contribution is -0.140. The highest BCUT2D eigenvalue weighted by molar-refractivity contribution is 7.88. The quantitative estimate of drug-likeness (QED) is 0.310. The zero-order valence-corrected chi connectivity index (χ0v) is 25.1. The second-order valence-corrected chi connectivity index (χ2v) is 12.7. The van der Waals surface area contributed by atoms with Crippen LogP contribution < -0.4 is 24.8 Å². The van der Waals surface area contributed by atoms with Crippen molar-refractivity contribution in [1.82, 2.24) is 24.9 Å². The topological polar surface area (TPSA) is 135 Å². The van der Waals surface area contributed by atoms with Crippen LogP contribution in [0.3, 0.4) is 0 Å². The first kappa shape index (κ1) is 33.9. The average molecular weight is 651 g/mol. The van der Waals surface area contributed by atoms with Crippen LogP contribution in [0.4, 0.5) is 24.8 Å². The number of sulfonamides is 1. The third-order valence-electron chi connectivity index (χ3n) is 7.61. The molecule has 0 spiro atoms. The molecule has 45 heavy (non-hydrogen) atoms. The molecule has 0 saturated carbocycles. The Morgan fingerprint density at radius 1 is 1.11 bits per heavy atom. The van der Waals surface area contributed by atoms with E-state index in [2.05, 4.69) is 30.2 Å². The molecule has 244 valence electrons. The third kappa shape index (κ3) is 8.21. The number of nitrogens with one attached hydrogen (secondary N) is 3. The molecule has 3 aromatic rings. The number of amides is 1. The first-order valence-corrected chi connectivity index (χ1v) is 15.8. The summed E-state index contributed by atoms with van der Waals surface area (Å²) in [6, 6.07) is 10.7. The standard InChI is InChI=1S/C29H33F3N6O5S.CH4/c1-38-12-10-19(11-13-38)34-26(39)18-8-9-22(23(15-18)42-2)35-28-33-16-21(29(30,31)32)27(36-28)43-24-14-17-6-4-5-7-20(17)25(24)37-44(3,40)41;/h4-9,15-16,19,24-25,37H,10-14H2,1-3H3,(H,34,39)(H,33,35,36);1H4/t24-,25+;/m1./s1. The summed E-state index contributed by atoms with van der Waals surface area (Å²) < 4.78 is 79.9. The van der Waals surface area contributed by atoms with E-state index in [1.807, 2.05) is 7.05 Å². The Morgan fingerprint density at radius 3 is 2.49 bits per heavy atom. The van der Waals surface area contributed by atoms with Crippen LogP contribution in [0.25, 0.3) is 0 Å². The zero-order chi connectivity index (χ0) is 31.6. The van der Waals surface area contributed by atoms with Crippen LogP contribution in [-0.2, 0) is 22.6 Å². The normalized spacial score (nSPS) is 18.9. The molecule has 1 aliphatic carbocycles. The van der Waals surface area contributed by atoms with Crippen LogP contribution in [-0.4, -0.2) is 74.8 Å². The lowest BCUT2D eigenvalue weighted by atomic mass is 10.0. The minimum atomic E-state index is -4.85. The number of benzene rings is 2. The van der Waals surface area contributed by atoms with E-state index in [0.717, 1.165) is 37.8 Å². The second kappa shape index (κ2) is 13.6. The van der Waals surface area contributed by atoms with Crippen LogP contribution in [0.1, 0.15) is 53.4 Å². The van der Waals surface area contributed by atoms with Gasteiger partial charge in [-0.15, -0.1) is 0 Å². The number of halogens is 3. The van der Waals surface area contributed by atoms with Crippen LogP contribution in [0, 0.1) is 0 Å². The van der Waals surface area contributed by atoms with Gasteiger partial charge in [0.15, 0.2) is 0 Å². The maximum absolute atomic E-state index is 14.0. The number of piperidine rings is 1. The number of anilines is 2. The van der Waals surface area contributed by atoms with E-state index in [1.165, 1.54) is 13.2 Å². The molecule has 1 fully saturated rings. The van der Waals surface area contributed by atoms with Crippen molar-refractivity contribution in [3.63, 3.8) is 0 Å². The van der Waals surface area contributed by atoms with Crippen LogP contribution in [0.2, 0.25) is 0 Å². The molecular formula is C30H37F3N6O5S. The highest BCUT2D eigenvalue weighted by atomic mass is 32.2. The molecule has 2 atom stereocenters. The largest absolute Gasteiger partial charge is 0.495 e. The Bertz CT molecular complexity index is 1630. The summed E-state index contributed by atoms with van der Waals surface area (Å²) in [6.07, 6.45) is -2.46. The molecule has 2 heterocycles. The van der Waals surface area contributed by atoms with Gasteiger partial charge in [0.05, 0.1) is 25.1 Å². The molecule has 15 heteroatoms. The monoisotopic (exact) mass is 650 g/mol. The van der Waals surface area contributed by atoms with Gasteiger partial charge in [-0.2, -0.15) is 18.2 Å². The van der Waals surface area contributed by atoms with Crippen molar-refractivity contribution in [2.75, 3.05) is 38.8 Å². The Kier molecular flexibility index (Phi) is 10.2. The van der Waals surface area contributed by atoms with Crippen molar-refractivity contribution in [2.24, 2.45) is 0 Å². The smallest absolute Gasteiger partial charge is 0.423 e. The number of ether oxygens (including phenoxy) is 2. The number of carbonyl (C=O) groups excluding carboxylic acids is 1. The molecule has 1 aliphatic heterocycles. The molecular weight excluding hydrogens is 613 g/mol. The van der Waals surface area contributed by atoms with Crippen molar-refractivity contribution < 1.29 is 35.9 Å². The van der Waals surface area contributed by atoms with E-state index in [0.29, 0.717) is 23.0 Å². The predicted molar refractivity (Wildman–Crippen MR) is 163 cm³/mol. The van der Waals surface area contributed by atoms with E-state index >= 15 is 0 Å². The third-order valence-corrected chi connectivity index (χ3v) is 8.29. The summed E-state index contributed by atoms with van der Waals surface area (Å²) in [5.41, 5.74) is 0.788. The number of methoxy groups -OCH3 is 1. The molecule has 1 aromatic heterocycles. The van der Waals surface area contributed by atoms with Gasteiger partial charge in [0.2, 0.25) is 21.9 Å². The summed E-state index contributed by atoms with van der Waals surface area (Å²) in [5, 5.41) is 5.87. The Balaban J connectivity index is 0.00000461. The minimum absolute atomic E-state index is 0. The van der Waals surface area contributed by atoms with Gasteiger partial charge in [-0.1, -0.05) is 31.7 Å². The van der Waals surface area contributed by atoms with E-state index in [9.17, 15) is 26.4 Å². The lowest BCUT2D eigenvalue weighted by Crippen LogP contribution is -2.43. The average Bonchev–Trinajstić information content (AvgIpc) is 3.29. The highest BCUT2D eigenvalue weighted by Crippen LogP contribution is 2.40. The number of alkyl halides is 3. The van der Waals surface area contributed by atoms with E-state index in [4.69, 9.17) is 9.47 Å². The Hall–Kier alpha value is -3.95. The van der Waals surface area contributed by atoms with Gasteiger partial charge in [-0.25, -0.2) is 18.1 Å². The van der Waals surface area contributed by atoms with Crippen LogP contribution >= 0.6 is 0 Å². The summed E-state index contributed by atoms with van der Waals surface area (Å²) in [7, 11) is -0.303. The molecule has 3 N–H and O–H groups in total. The molecule has 1 amide bonds. The highest BCUT2D eigenvalue weighted by Gasteiger charge is 2.41. The Labute approximate surface area is 260 Å². The summed E-state index contributed by atoms with van der Waals surface area (Å²) in [5.74, 6) is -1.00. The first-order valence-electron chi connectivity index (χ1n) is 13.9. The van der Waals surface area contributed by atoms with E-state index in [-0.39, 0.29) is 37.5 Å². The Morgan fingerprint density at radius 2 is 1.82 bits per heavy atom. The summed E-state index contributed by atoms with van der Waals surface area (Å²) >= 11 is 0. The zero-order valence-electron chi connectivity index (χ0n) is 24.3. The van der Waals surface area contributed by atoms with Crippen molar-refractivity contribution >= 4 is 27.6 Å². The van der Waals surface area contributed by atoms with Gasteiger partial charge in [-0.3, -0.25) is 4.79 Å². The van der Waals surface area contributed by atoms with E-state index < -0.39 is 39.8 Å². The molecule has 2 aromatic carbocycles. The molecule has 5 rings (SSSR count). The van der Waals surface area contributed by atoms with Gasteiger partial charge < -0.3 is 25.0 Å². The van der Waals surface area contributed by atoms with Crippen molar-refractivity contribution in [2.45, 2.75) is 51.1 Å². The maximum Gasteiger partial charge on any atom is 0.423 e. The molecule has 0 unspecified atom stereocenters. The first-order chi connectivity index (χ1) is 20.8. The van der Waals surface area contributed by atoms with Gasteiger partial charge in [-0.05, 0) is 62.3 Å². The number of fused-ring (bicyclic) bond motifs is 1. The number of rotatable bonds is 9. The van der Waals surface area contributed by atoms with E-state index in [1.54, 1.807) is 36.4 Å². The number of likely N-dealkylation sites (tertiary alicyclic amines) is 1. The van der Waals surface area contributed by atoms with Crippen molar-refractivity contribution in [3.05, 3.63) is 70.9 Å². The summed E-state index contributed by atoms with van der Waals surface area (Å²) in [6.45, 7) is 1.77. The van der Waals surface area contributed by atoms with Gasteiger partial charge in [0.1, 0.15) is 17.4 Å².